The van der Waals surface area contributed by atoms with Crippen LogP contribution in [-0.2, 0) is 17.6 Å². The van der Waals surface area contributed by atoms with Crippen molar-refractivity contribution in [3.8, 4) is 0 Å². The molecule has 6 nitrogen and oxygen atoms in total. The lowest BCUT2D eigenvalue weighted by atomic mass is 9.77. The van der Waals surface area contributed by atoms with Gasteiger partial charge in [-0.3, -0.25) is 0 Å². The van der Waals surface area contributed by atoms with Crippen molar-refractivity contribution >= 4 is 17.9 Å². The highest BCUT2D eigenvalue weighted by Crippen LogP contribution is 2.31. The summed E-state index contributed by atoms with van der Waals surface area (Å²) in [6, 6.07) is 21.4. The highest BCUT2D eigenvalue weighted by atomic mass is 16.5. The van der Waals surface area contributed by atoms with Gasteiger partial charge in [-0.2, -0.15) is 0 Å². The zero-order valence-corrected chi connectivity index (χ0v) is 17.6. The van der Waals surface area contributed by atoms with Gasteiger partial charge in [0.15, 0.2) is 0 Å². The van der Waals surface area contributed by atoms with Crippen LogP contribution in [0.4, 0.5) is 0 Å². The summed E-state index contributed by atoms with van der Waals surface area (Å²) in [7, 11) is 0. The van der Waals surface area contributed by atoms with E-state index in [4.69, 9.17) is 4.74 Å². The molecule has 0 N–H and O–H groups in total. The second kappa shape index (κ2) is 9.92. The van der Waals surface area contributed by atoms with Crippen molar-refractivity contribution in [2.75, 3.05) is 6.61 Å². The topological polar surface area (TPSA) is 107 Å². The van der Waals surface area contributed by atoms with Crippen LogP contribution in [0, 0.1) is 5.41 Å². The minimum absolute atomic E-state index is 0.0429. The van der Waals surface area contributed by atoms with E-state index in [-0.39, 0.29) is 30.6 Å². The van der Waals surface area contributed by atoms with E-state index in [0.29, 0.717) is 16.7 Å². The fourth-order valence-electron chi connectivity index (χ4n) is 3.73. The molecule has 0 fully saturated rings. The van der Waals surface area contributed by atoms with Crippen LogP contribution in [-0.4, -0.2) is 24.5 Å². The molecule has 0 atom stereocenters. The summed E-state index contributed by atoms with van der Waals surface area (Å²) >= 11 is 0. The molecule has 164 valence electrons. The Labute approximate surface area is 186 Å². The molecule has 6 heteroatoms. The van der Waals surface area contributed by atoms with Gasteiger partial charge >= 0.3 is 5.97 Å². The van der Waals surface area contributed by atoms with Crippen molar-refractivity contribution in [1.29, 1.82) is 0 Å². The summed E-state index contributed by atoms with van der Waals surface area (Å²) in [6.45, 7) is 1.77. The van der Waals surface area contributed by atoms with Gasteiger partial charge in [0.25, 0.3) is 0 Å². The molecule has 3 aromatic carbocycles. The molecular weight excluding hydrogens is 408 g/mol. The molecule has 0 aromatic heterocycles. The van der Waals surface area contributed by atoms with Crippen LogP contribution < -0.4 is 10.2 Å². The summed E-state index contributed by atoms with van der Waals surface area (Å²) in [5, 5.41) is 23.2. The maximum Gasteiger partial charge on any atom is 0.338 e. The molecule has 0 aliphatic carbocycles. The third-order valence-electron chi connectivity index (χ3n) is 5.27. The minimum atomic E-state index is -1.31. The van der Waals surface area contributed by atoms with Gasteiger partial charge in [-0.1, -0.05) is 73.7 Å². The molecular formula is C26H22O6-2. The van der Waals surface area contributed by atoms with E-state index < -0.39 is 23.3 Å². The Morgan fingerprint density at radius 1 is 0.719 bits per heavy atom. The van der Waals surface area contributed by atoms with Crippen LogP contribution in [0.2, 0.25) is 0 Å². The first kappa shape index (κ1) is 22.7. The third kappa shape index (κ3) is 5.60. The second-order valence-corrected chi connectivity index (χ2v) is 8.00. The number of hydrogen-bond donors (Lipinski definition) is 0. The maximum atomic E-state index is 12.5. The van der Waals surface area contributed by atoms with Crippen molar-refractivity contribution in [3.05, 3.63) is 107 Å². The number of aromatic carboxylic acids is 2. The lowest BCUT2D eigenvalue weighted by Gasteiger charge is -2.31. The van der Waals surface area contributed by atoms with Gasteiger partial charge in [-0.15, -0.1) is 0 Å². The Kier molecular flexibility index (Phi) is 7.05. The van der Waals surface area contributed by atoms with E-state index in [1.165, 1.54) is 12.1 Å². The maximum absolute atomic E-state index is 12.5. The number of carboxylic acids is 2. The minimum Gasteiger partial charge on any atom is -0.545 e. The van der Waals surface area contributed by atoms with Crippen molar-refractivity contribution in [1.82, 2.24) is 0 Å². The quantitative estimate of drug-likeness (QED) is 0.481. The lowest BCUT2D eigenvalue weighted by Crippen LogP contribution is -2.33. The predicted molar refractivity (Wildman–Crippen MR) is 114 cm³/mol. The second-order valence-electron chi connectivity index (χ2n) is 8.00. The number of esters is 1. The first-order valence-electron chi connectivity index (χ1n) is 10.1. The largest absolute Gasteiger partial charge is 0.545 e. The van der Waals surface area contributed by atoms with Gasteiger partial charge in [0.2, 0.25) is 0 Å². The average molecular weight is 430 g/mol. The van der Waals surface area contributed by atoms with Crippen LogP contribution in [0.5, 0.6) is 0 Å². The number of hydrogen-bond acceptors (Lipinski definition) is 6. The van der Waals surface area contributed by atoms with Gasteiger partial charge in [-0.25, -0.2) is 4.79 Å². The zero-order valence-electron chi connectivity index (χ0n) is 17.6. The summed E-state index contributed by atoms with van der Waals surface area (Å²) in [4.78, 5) is 35.7. The molecule has 0 heterocycles. The van der Waals surface area contributed by atoms with E-state index in [0.717, 1.165) is 0 Å². The molecule has 0 aliphatic heterocycles. The van der Waals surface area contributed by atoms with Crippen molar-refractivity contribution < 1.29 is 29.3 Å². The Morgan fingerprint density at radius 3 is 1.62 bits per heavy atom. The van der Waals surface area contributed by atoms with Gasteiger partial charge < -0.3 is 24.5 Å². The number of rotatable bonds is 9. The normalized spacial score (nSPS) is 11.0. The molecule has 32 heavy (non-hydrogen) atoms. The van der Waals surface area contributed by atoms with Crippen molar-refractivity contribution in [3.63, 3.8) is 0 Å². The summed E-state index contributed by atoms with van der Waals surface area (Å²) in [5.74, 6) is -3.13. The summed E-state index contributed by atoms with van der Waals surface area (Å²) in [6.07, 6.45) is 0.446. The number of carbonyl (C=O) groups is 3. The molecule has 3 rings (SSSR count). The van der Waals surface area contributed by atoms with Gasteiger partial charge in [0, 0.05) is 16.5 Å². The molecule has 0 bridgehead atoms. The van der Waals surface area contributed by atoms with Gasteiger partial charge in [0.05, 0.1) is 24.1 Å². The number of ether oxygens (including phenoxy) is 1. The van der Waals surface area contributed by atoms with Crippen LogP contribution in [0.3, 0.4) is 0 Å². The molecule has 0 spiro atoms. The molecule has 0 radical (unpaired) electrons. The summed E-state index contributed by atoms with van der Waals surface area (Å²) < 4.78 is 5.57. The van der Waals surface area contributed by atoms with Crippen LogP contribution in [0.1, 0.15) is 49.1 Å². The Bertz CT molecular complexity index is 1060. The van der Waals surface area contributed by atoms with Crippen LogP contribution in [0.25, 0.3) is 0 Å². The van der Waals surface area contributed by atoms with Crippen molar-refractivity contribution in [2.45, 2.75) is 19.8 Å². The number of carboxylic acid groups (broad SMARTS) is 2. The van der Waals surface area contributed by atoms with E-state index in [1.54, 1.807) is 66.7 Å². The van der Waals surface area contributed by atoms with E-state index in [2.05, 4.69) is 0 Å². The number of benzene rings is 3. The van der Waals surface area contributed by atoms with Crippen molar-refractivity contribution in [2.24, 2.45) is 5.41 Å². The molecule has 0 unspecified atom stereocenters. The lowest BCUT2D eigenvalue weighted by molar-refractivity contribution is -0.256. The van der Waals surface area contributed by atoms with E-state index in [9.17, 15) is 24.6 Å². The smallest absolute Gasteiger partial charge is 0.338 e. The predicted octanol–water partition coefficient (Wildman–Crippen LogP) is 2.06. The first-order chi connectivity index (χ1) is 15.3. The SMILES string of the molecule is CC(COC(=O)c1ccccc1)(Cc1ccccc1C(=O)[O-])Cc1ccccc1C(=O)[O-]. The molecule has 0 saturated heterocycles. The fourth-order valence-corrected chi connectivity index (χ4v) is 3.73. The Morgan fingerprint density at radius 2 is 1.16 bits per heavy atom. The van der Waals surface area contributed by atoms with E-state index >= 15 is 0 Å². The number of carbonyl (C=O) groups excluding carboxylic acids is 3. The highest BCUT2D eigenvalue weighted by molar-refractivity contribution is 5.89. The third-order valence-corrected chi connectivity index (χ3v) is 5.27. The summed E-state index contributed by atoms with van der Waals surface area (Å²) in [5.41, 5.74) is 0.692. The standard InChI is InChI=1S/C26H24O6/c1-26(15-19-11-5-7-13-21(19)23(27)28,16-20-12-6-8-14-22(20)24(29)30)17-32-25(31)18-9-3-2-4-10-18/h2-14H,15-17H2,1H3,(H,27,28)(H,29,30)/p-2. The Balaban J connectivity index is 1.92. The van der Waals surface area contributed by atoms with Gasteiger partial charge in [0.1, 0.15) is 0 Å². The molecule has 0 amide bonds. The monoisotopic (exact) mass is 430 g/mol. The van der Waals surface area contributed by atoms with E-state index in [1.807, 2.05) is 6.92 Å². The van der Waals surface area contributed by atoms with Crippen LogP contribution in [0.15, 0.2) is 78.9 Å². The molecule has 0 aliphatic rings. The Hall–Kier alpha value is -3.93. The molecule has 3 aromatic rings. The first-order valence-corrected chi connectivity index (χ1v) is 10.1. The van der Waals surface area contributed by atoms with Crippen LogP contribution >= 0.6 is 0 Å². The molecule has 0 saturated carbocycles. The van der Waals surface area contributed by atoms with Gasteiger partial charge in [-0.05, 0) is 36.1 Å². The highest BCUT2D eigenvalue weighted by Gasteiger charge is 2.29. The fraction of sp³-hybridized carbons (Fsp3) is 0.192. The average Bonchev–Trinajstić information content (AvgIpc) is 2.78. The zero-order chi connectivity index (χ0) is 23.1.